The minimum atomic E-state index is -3.73. The van der Waals surface area contributed by atoms with Crippen molar-refractivity contribution >= 4 is 63.8 Å². The second-order valence-electron chi connectivity index (χ2n) is 35.1. The number of hydrogen-bond acceptors (Lipinski definition) is 25. The normalized spacial score (nSPS) is 15.7. The van der Waals surface area contributed by atoms with E-state index in [9.17, 15) is 63.1 Å². The van der Waals surface area contributed by atoms with Crippen LogP contribution in [0.5, 0.6) is 23.0 Å². The molecular formula is C100H138N12O23S4. The molecule has 8 aromatic carbocycles. The number of ether oxygens (including phenoxy) is 8. The Bertz CT molecular complexity index is 5650. The average Bonchev–Trinajstić information content (AvgIpc) is 0.784. The molecule has 12 rings (SSSR count). The van der Waals surface area contributed by atoms with Gasteiger partial charge in [0.2, 0.25) is 57.8 Å². The van der Waals surface area contributed by atoms with Gasteiger partial charge >= 0.3 is 5.97 Å². The number of nitrogens with two attached hydrogens (primary N) is 1. The third-order valence-corrected chi connectivity index (χ3v) is 34.0. The first-order valence-corrected chi connectivity index (χ1v) is 51.6. The zero-order valence-electron chi connectivity index (χ0n) is 82.7. The number of hydrogen-bond donors (Lipinski definition) is 5. The molecule has 39 heteroatoms. The number of benzene rings is 8. The molecule has 4 heterocycles. The molecule has 4 aliphatic rings. The van der Waals surface area contributed by atoms with Crippen LogP contribution in [0.4, 0.5) is 0 Å². The summed E-state index contributed by atoms with van der Waals surface area (Å²) in [6, 6.07) is 52.5. The van der Waals surface area contributed by atoms with E-state index in [4.69, 9.17) is 54.3 Å². The Balaban J connectivity index is 0.000000220. The Hall–Kier alpha value is -10.5. The van der Waals surface area contributed by atoms with E-state index < -0.39 is 74.9 Å². The summed E-state index contributed by atoms with van der Waals surface area (Å²) in [5, 5.41) is 37.0. The maximum atomic E-state index is 13.1. The topological polar surface area (TPSA) is 449 Å². The number of likely N-dealkylation sites (tertiary alicyclic amines) is 3. The number of carbonyl (C=O) groups excluding carboxylic acids is 3. The van der Waals surface area contributed by atoms with Crippen molar-refractivity contribution < 1.29 is 106 Å². The standard InChI is InChI=1S/C25H33N5O5S.C25H35N3O5S.C25H34N2O6S.C14H21NO6S.C11H15NO/c1-19-16-22(34-4)17-20(2)24(19)36(32,33)29(3)14-15-35-18-23(31)30-12-10-25(11-13-30,27-28-26)21-8-6-5-7-9-21;1-19-16-22(32-4)17-20(2)24(19)34(30,31)27(3)14-15-33-18-23(29)28-12-10-25(26,11-13-28)21-8-6-5-7-9-21;1-19-16-22(32-4)17-20(2)24(19)34(30,31)26(3)14-15-33-18-23(28)27-12-10-25(29,11-13-27)21-8-6-5-7-9-21;1-10-7-12(20-4)8-11(2)14(10)22(18,19)15(3)5-6-21-9-13(16)17;13-11(6-8-12-9-7-11)10-4-2-1-3-5-10/h5-9,16-17H,10-15,18H2,1-4H3;5-9,16-17H,10-15,18,26H2,1-4H3;5-9,16-17,29H,10-15,18H2,1-4H3;7-8H,5-6,9H2,1-4H3,(H,16,17);1-5,12-13H,6-9H2. The Kier molecular flexibility index (Phi) is 42.8. The van der Waals surface area contributed by atoms with Crippen molar-refractivity contribution in [3.8, 4) is 23.0 Å². The van der Waals surface area contributed by atoms with Gasteiger partial charge in [-0.2, -0.15) is 17.2 Å². The van der Waals surface area contributed by atoms with Gasteiger partial charge in [0.05, 0.1) is 91.2 Å². The van der Waals surface area contributed by atoms with Crippen LogP contribution in [0.15, 0.2) is 195 Å². The van der Waals surface area contributed by atoms with Gasteiger partial charge in [0.25, 0.3) is 0 Å². The van der Waals surface area contributed by atoms with Gasteiger partial charge in [0.15, 0.2) is 0 Å². The number of aliphatic carboxylic acids is 1. The third kappa shape index (κ3) is 30.7. The lowest BCUT2D eigenvalue weighted by molar-refractivity contribution is -0.142. The molecule has 760 valence electrons. The highest BCUT2D eigenvalue weighted by Crippen LogP contribution is 2.40. The molecule has 139 heavy (non-hydrogen) atoms. The lowest BCUT2D eigenvalue weighted by Crippen LogP contribution is -2.50. The first-order chi connectivity index (χ1) is 65.8. The summed E-state index contributed by atoms with van der Waals surface area (Å²) in [7, 11) is -2.72. The number of aryl methyl sites for hydroxylation is 8. The summed E-state index contributed by atoms with van der Waals surface area (Å²) in [6.07, 6.45) is 4.97. The Morgan fingerprint density at radius 1 is 0.381 bits per heavy atom. The van der Waals surface area contributed by atoms with Crippen LogP contribution in [0.25, 0.3) is 10.4 Å². The highest BCUT2D eigenvalue weighted by atomic mass is 32.2. The fraction of sp³-hybridized carbons (Fsp3) is 0.480. The van der Waals surface area contributed by atoms with Crippen molar-refractivity contribution in [3.05, 3.63) is 247 Å². The van der Waals surface area contributed by atoms with E-state index in [0.717, 1.165) is 52.5 Å². The van der Waals surface area contributed by atoms with Crippen molar-refractivity contribution in [2.24, 2.45) is 10.8 Å². The first-order valence-electron chi connectivity index (χ1n) is 45.9. The SMILES string of the molecule is COc1cc(C)c(S(=O)(=O)N(C)CCOCC(=O)N2CCC(N)(c3ccccc3)CC2)c(C)c1.COc1cc(C)c(S(=O)(=O)N(C)CCOCC(=O)N2CCC(N=[N+]=[N-])(c3ccccc3)CC2)c(C)c1.COc1cc(C)c(S(=O)(=O)N(C)CCOCC(=O)N2CCC(O)(c3ccccc3)CC2)c(C)c1.COc1cc(C)c(S(=O)(=O)N(C)CCOCC(=O)O)c(C)c1.OC1(c2ccccc2)CCNCC1. The lowest BCUT2D eigenvalue weighted by Gasteiger charge is -2.39. The number of azide groups is 1. The maximum absolute atomic E-state index is 13.1. The van der Waals surface area contributed by atoms with Crippen LogP contribution in [0.3, 0.4) is 0 Å². The van der Waals surface area contributed by atoms with Crippen molar-refractivity contribution in [1.29, 1.82) is 0 Å². The summed E-state index contributed by atoms with van der Waals surface area (Å²) in [4.78, 5) is 57.3. The number of carboxylic acid groups (broad SMARTS) is 1. The Morgan fingerprint density at radius 3 is 0.878 bits per heavy atom. The van der Waals surface area contributed by atoms with E-state index >= 15 is 0 Å². The summed E-state index contributed by atoms with van der Waals surface area (Å²) < 4.78 is 151. The van der Waals surface area contributed by atoms with Crippen LogP contribution in [0, 0.1) is 55.4 Å². The number of sulfonamides is 4. The largest absolute Gasteiger partial charge is 0.497 e. The molecule has 0 unspecified atom stereocenters. The molecule has 8 aromatic rings. The number of carboxylic acids is 1. The second kappa shape index (κ2) is 52.3. The van der Waals surface area contributed by atoms with Gasteiger partial charge in [-0.25, -0.2) is 38.5 Å². The molecule has 0 spiro atoms. The molecule has 3 amide bonds. The van der Waals surface area contributed by atoms with Crippen molar-refractivity contribution in [2.75, 3.05) is 188 Å². The fourth-order valence-electron chi connectivity index (χ4n) is 17.2. The van der Waals surface area contributed by atoms with Crippen LogP contribution >= 0.6 is 0 Å². The first kappa shape index (κ1) is 114. The van der Waals surface area contributed by atoms with Crippen molar-refractivity contribution in [1.82, 2.24) is 37.2 Å². The van der Waals surface area contributed by atoms with Crippen molar-refractivity contribution in [3.63, 3.8) is 0 Å². The highest BCUT2D eigenvalue weighted by molar-refractivity contribution is 7.90. The molecule has 0 bridgehead atoms. The number of methoxy groups -OCH3 is 4. The summed E-state index contributed by atoms with van der Waals surface area (Å²) in [5.74, 6) is 0.889. The molecule has 4 aliphatic heterocycles. The van der Waals surface area contributed by atoms with E-state index in [2.05, 4.69) is 15.3 Å². The van der Waals surface area contributed by atoms with Gasteiger partial charge in [-0.3, -0.25) is 14.4 Å². The summed E-state index contributed by atoms with van der Waals surface area (Å²) in [6.45, 7) is 18.5. The van der Waals surface area contributed by atoms with Gasteiger partial charge in [-0.05, 0) is 241 Å². The number of aliphatic hydroxyl groups is 2. The number of piperidine rings is 4. The zero-order chi connectivity index (χ0) is 102. The van der Waals surface area contributed by atoms with Crippen LogP contribution < -0.4 is 30.0 Å². The van der Waals surface area contributed by atoms with Gasteiger partial charge in [0.1, 0.15) is 49.4 Å². The monoisotopic (exact) mass is 2000 g/mol. The van der Waals surface area contributed by atoms with Gasteiger partial charge in [0, 0.05) is 104 Å². The van der Waals surface area contributed by atoms with Crippen molar-refractivity contribution in [2.45, 2.75) is 149 Å². The van der Waals surface area contributed by atoms with Crippen LogP contribution in [0.1, 0.15) is 118 Å². The third-order valence-electron chi connectivity index (χ3n) is 25.3. The van der Waals surface area contributed by atoms with Gasteiger partial charge in [-0.1, -0.05) is 126 Å². The number of rotatable bonds is 37. The molecular weight excluding hydrogens is 1870 g/mol. The second-order valence-corrected chi connectivity index (χ2v) is 43.0. The van der Waals surface area contributed by atoms with E-state index in [-0.39, 0.29) is 110 Å². The predicted octanol–water partition coefficient (Wildman–Crippen LogP) is 11.0. The minimum absolute atomic E-state index is 0.0102. The minimum Gasteiger partial charge on any atom is -0.497 e. The number of likely N-dealkylation sites (N-methyl/N-ethyl adjacent to an activating group) is 4. The van der Waals surface area contributed by atoms with E-state index in [1.165, 1.54) is 55.3 Å². The van der Waals surface area contributed by atoms with Gasteiger partial charge < -0.3 is 79.0 Å². The molecule has 4 saturated heterocycles. The summed E-state index contributed by atoms with van der Waals surface area (Å²) >= 11 is 0. The molecule has 0 radical (unpaired) electrons. The fourth-order valence-corrected chi connectivity index (χ4v) is 23.4. The summed E-state index contributed by atoms with van der Waals surface area (Å²) in [5.41, 5.74) is 21.9. The molecule has 4 fully saturated rings. The predicted molar refractivity (Wildman–Crippen MR) is 530 cm³/mol. The van der Waals surface area contributed by atoms with E-state index in [1.807, 2.05) is 121 Å². The smallest absolute Gasteiger partial charge is 0.329 e. The quantitative estimate of drug-likeness (QED) is 0.0104. The number of amides is 3. The van der Waals surface area contributed by atoms with Gasteiger partial charge in [-0.15, -0.1) is 0 Å². The highest BCUT2D eigenvalue weighted by Gasteiger charge is 2.40. The van der Waals surface area contributed by atoms with E-state index in [1.54, 1.807) is 133 Å². The van der Waals surface area contributed by atoms with Crippen LogP contribution in [-0.2, 0) is 100 Å². The molecule has 0 saturated carbocycles. The molecule has 6 N–H and O–H groups in total. The molecule has 0 aromatic heterocycles. The molecule has 0 atom stereocenters. The Morgan fingerprint density at radius 2 is 0.619 bits per heavy atom. The van der Waals surface area contributed by atoms with Crippen LogP contribution in [0.2, 0.25) is 0 Å². The Labute approximate surface area is 819 Å². The number of carbonyl (C=O) groups is 4. The molecule has 0 aliphatic carbocycles. The van der Waals surface area contributed by atoms with Crippen LogP contribution in [-0.4, -0.2) is 293 Å². The lowest BCUT2D eigenvalue weighted by atomic mass is 9.82. The molecule has 35 nitrogen and oxygen atoms in total. The number of nitrogens with zero attached hydrogens (tertiary/aromatic N) is 10. The zero-order valence-corrected chi connectivity index (χ0v) is 85.9. The number of nitrogens with one attached hydrogen (secondary N) is 1. The average molecular weight is 2000 g/mol. The maximum Gasteiger partial charge on any atom is 0.329 e. The van der Waals surface area contributed by atoms with E-state index in [0.29, 0.717) is 145 Å².